The van der Waals surface area contributed by atoms with Crippen molar-refractivity contribution < 1.29 is 8.83 Å². The van der Waals surface area contributed by atoms with Crippen LogP contribution in [0.3, 0.4) is 0 Å². The van der Waals surface area contributed by atoms with E-state index in [1.54, 1.807) is 12.5 Å². The van der Waals surface area contributed by atoms with E-state index in [1.807, 2.05) is 18.2 Å². The van der Waals surface area contributed by atoms with Crippen LogP contribution in [0.5, 0.6) is 0 Å². The molecule has 2 nitrogen and oxygen atoms in total. The van der Waals surface area contributed by atoms with Gasteiger partial charge in [-0.15, -0.1) is 0 Å². The number of unbranched alkanes of at least 4 members (excludes halogenated alkanes) is 14. The Morgan fingerprint density at radius 1 is 0.694 bits per heavy atom. The van der Waals surface area contributed by atoms with E-state index in [9.17, 15) is 0 Å². The summed E-state index contributed by atoms with van der Waals surface area (Å²) in [6.07, 6.45) is 29.1. The summed E-state index contributed by atoms with van der Waals surface area (Å²) in [7, 11) is 0. The van der Waals surface area contributed by atoms with E-state index >= 15 is 0 Å². The quantitative estimate of drug-likeness (QED) is 0.178. The molecule has 0 fully saturated rings. The van der Waals surface area contributed by atoms with E-state index < -0.39 is 0 Å². The van der Waals surface area contributed by atoms with Crippen LogP contribution in [0.4, 0.5) is 0 Å². The zero-order valence-corrected chi connectivity index (χ0v) is 23.0. The van der Waals surface area contributed by atoms with Gasteiger partial charge < -0.3 is 8.83 Å². The Kier molecular flexibility index (Phi) is 26.7. The van der Waals surface area contributed by atoms with Crippen molar-refractivity contribution in [2.24, 2.45) is 0 Å². The monoisotopic (exact) mass is 502 g/mol. The van der Waals surface area contributed by atoms with Crippen molar-refractivity contribution in [3.8, 4) is 0 Å². The molecule has 0 radical (unpaired) electrons. The highest BCUT2D eigenvalue weighted by Crippen LogP contribution is 2.22. The van der Waals surface area contributed by atoms with Gasteiger partial charge in [-0.25, -0.2) is 0 Å². The van der Waals surface area contributed by atoms with Crippen LogP contribution in [-0.2, 0) is 0 Å². The lowest BCUT2D eigenvalue weighted by molar-refractivity contribution is 0.447. The summed E-state index contributed by atoms with van der Waals surface area (Å²) in [5.74, 6) is 2.74. The third-order valence-electron chi connectivity index (χ3n) is 6.69. The van der Waals surface area contributed by atoms with E-state index in [0.717, 1.165) is 11.5 Å². The Morgan fingerprint density at radius 2 is 1.19 bits per heavy atom. The van der Waals surface area contributed by atoms with Crippen molar-refractivity contribution in [1.82, 2.24) is 0 Å². The SMILES string of the molecule is C.C.CCCCCCCCC/C=C(\C)c1ccco1.CCCCCCCCCCC(C)c1ccco1. The number of allylic oxidation sites excluding steroid dienone is 2. The first-order valence-corrected chi connectivity index (χ1v) is 14.4. The molecule has 0 aliphatic carbocycles. The lowest BCUT2D eigenvalue weighted by atomic mass is 9.99. The second kappa shape index (κ2) is 26.4. The highest BCUT2D eigenvalue weighted by molar-refractivity contribution is 5.58. The highest BCUT2D eigenvalue weighted by atomic mass is 16.3. The molecular weight excluding hydrogens is 440 g/mol. The fourth-order valence-electron chi connectivity index (χ4n) is 4.32. The second-order valence-electron chi connectivity index (χ2n) is 9.95. The Bertz CT molecular complexity index is 666. The first kappa shape index (κ1) is 36.5. The summed E-state index contributed by atoms with van der Waals surface area (Å²) in [5, 5.41) is 0. The van der Waals surface area contributed by atoms with Crippen LogP contribution >= 0.6 is 0 Å². The van der Waals surface area contributed by atoms with Crippen molar-refractivity contribution in [2.75, 3.05) is 0 Å². The molecule has 2 heteroatoms. The predicted octanol–water partition coefficient (Wildman–Crippen LogP) is 13.0. The van der Waals surface area contributed by atoms with Crippen molar-refractivity contribution in [1.29, 1.82) is 0 Å². The third kappa shape index (κ3) is 19.5. The summed E-state index contributed by atoms with van der Waals surface area (Å²) < 4.78 is 10.8. The molecule has 0 spiro atoms. The minimum absolute atomic E-state index is 0. The van der Waals surface area contributed by atoms with Crippen molar-refractivity contribution in [2.45, 2.75) is 158 Å². The van der Waals surface area contributed by atoms with Gasteiger partial charge in [0, 0.05) is 5.92 Å². The zero-order chi connectivity index (χ0) is 24.7. The Labute approximate surface area is 226 Å². The van der Waals surface area contributed by atoms with Crippen LogP contribution in [0, 0.1) is 0 Å². The third-order valence-corrected chi connectivity index (χ3v) is 6.69. The lowest BCUT2D eigenvalue weighted by Gasteiger charge is -2.07. The number of rotatable bonds is 19. The van der Waals surface area contributed by atoms with Gasteiger partial charge in [0.1, 0.15) is 11.5 Å². The molecule has 0 aromatic carbocycles. The molecule has 2 aromatic rings. The van der Waals surface area contributed by atoms with E-state index in [-0.39, 0.29) is 14.9 Å². The van der Waals surface area contributed by atoms with Gasteiger partial charge in [-0.1, -0.05) is 132 Å². The summed E-state index contributed by atoms with van der Waals surface area (Å²) in [6, 6.07) is 8.05. The average Bonchev–Trinajstić information content (AvgIpc) is 3.57. The molecule has 210 valence electrons. The molecule has 0 aliphatic heterocycles. The maximum atomic E-state index is 5.42. The molecule has 0 bridgehead atoms. The fourth-order valence-corrected chi connectivity index (χ4v) is 4.32. The first-order valence-electron chi connectivity index (χ1n) is 14.4. The largest absolute Gasteiger partial charge is 0.469 e. The highest BCUT2D eigenvalue weighted by Gasteiger charge is 2.07. The van der Waals surface area contributed by atoms with Crippen LogP contribution in [0.1, 0.15) is 169 Å². The molecule has 2 aromatic heterocycles. The van der Waals surface area contributed by atoms with Crippen LogP contribution < -0.4 is 0 Å². The topological polar surface area (TPSA) is 26.3 Å². The first-order chi connectivity index (χ1) is 16.7. The average molecular weight is 503 g/mol. The predicted molar refractivity (Wildman–Crippen MR) is 163 cm³/mol. The molecule has 0 saturated heterocycles. The van der Waals surface area contributed by atoms with Gasteiger partial charge in [-0.2, -0.15) is 0 Å². The molecule has 0 saturated carbocycles. The van der Waals surface area contributed by atoms with Crippen molar-refractivity contribution >= 4 is 5.57 Å². The van der Waals surface area contributed by atoms with Crippen LogP contribution in [0.25, 0.3) is 5.57 Å². The molecular formula is C34H62O2. The van der Waals surface area contributed by atoms with Gasteiger partial charge in [0.15, 0.2) is 0 Å². The molecule has 2 rings (SSSR count). The number of furan rings is 2. The Hall–Kier alpha value is -1.70. The molecule has 2 heterocycles. The molecule has 1 atom stereocenters. The van der Waals surface area contributed by atoms with E-state index in [0.29, 0.717) is 5.92 Å². The van der Waals surface area contributed by atoms with Gasteiger partial charge in [0.05, 0.1) is 12.5 Å². The van der Waals surface area contributed by atoms with E-state index in [2.05, 4.69) is 39.8 Å². The van der Waals surface area contributed by atoms with Crippen molar-refractivity contribution in [3.05, 3.63) is 54.4 Å². The minimum Gasteiger partial charge on any atom is -0.469 e. The number of hydrogen-bond acceptors (Lipinski definition) is 2. The van der Waals surface area contributed by atoms with Gasteiger partial charge in [-0.05, 0) is 56.0 Å². The summed E-state index contributed by atoms with van der Waals surface area (Å²) in [4.78, 5) is 0. The van der Waals surface area contributed by atoms with Crippen molar-refractivity contribution in [3.63, 3.8) is 0 Å². The maximum Gasteiger partial charge on any atom is 0.129 e. The standard InChI is InChI=1S/C16H28O.C16H26O.2CH4/c2*1-3-4-5-6-7-8-9-10-12-15(2)16-13-11-14-17-16;;/h11,13-15H,3-10,12H2,1-2H3;11-14H,3-10H2,1-2H3;2*1H4/b;15-12+;;. The van der Waals surface area contributed by atoms with E-state index in [4.69, 9.17) is 8.83 Å². The minimum atomic E-state index is 0. The normalized spacial score (nSPS) is 11.7. The van der Waals surface area contributed by atoms with Gasteiger partial charge >= 0.3 is 0 Å². The molecule has 1 unspecified atom stereocenters. The molecule has 0 N–H and O–H groups in total. The number of hydrogen-bond donors (Lipinski definition) is 0. The second-order valence-corrected chi connectivity index (χ2v) is 9.95. The maximum absolute atomic E-state index is 5.42. The van der Waals surface area contributed by atoms with Crippen LogP contribution in [0.15, 0.2) is 51.7 Å². The lowest BCUT2D eigenvalue weighted by Crippen LogP contribution is -1.91. The molecule has 0 amide bonds. The van der Waals surface area contributed by atoms with Gasteiger partial charge in [0.25, 0.3) is 0 Å². The van der Waals surface area contributed by atoms with Crippen LogP contribution in [0.2, 0.25) is 0 Å². The fraction of sp³-hybridized carbons (Fsp3) is 0.706. The van der Waals surface area contributed by atoms with Gasteiger partial charge in [-0.3, -0.25) is 0 Å². The van der Waals surface area contributed by atoms with E-state index in [1.165, 1.54) is 115 Å². The Morgan fingerprint density at radius 3 is 1.69 bits per heavy atom. The summed E-state index contributed by atoms with van der Waals surface area (Å²) in [5.41, 5.74) is 1.26. The Balaban J connectivity index is 0. The van der Waals surface area contributed by atoms with Crippen LogP contribution in [-0.4, -0.2) is 0 Å². The zero-order valence-electron chi connectivity index (χ0n) is 23.0. The smallest absolute Gasteiger partial charge is 0.129 e. The molecule has 36 heavy (non-hydrogen) atoms. The summed E-state index contributed by atoms with van der Waals surface area (Å²) in [6.45, 7) is 8.93. The van der Waals surface area contributed by atoms with Gasteiger partial charge in [0.2, 0.25) is 0 Å². The summed E-state index contributed by atoms with van der Waals surface area (Å²) >= 11 is 0. The molecule has 0 aliphatic rings.